The van der Waals surface area contributed by atoms with Crippen molar-refractivity contribution in [3.8, 4) is 11.5 Å². The van der Waals surface area contributed by atoms with Crippen molar-refractivity contribution in [2.75, 3.05) is 38.7 Å². The van der Waals surface area contributed by atoms with Crippen LogP contribution >= 0.6 is 0 Å². The predicted octanol–water partition coefficient (Wildman–Crippen LogP) is 2.82. The van der Waals surface area contributed by atoms with Gasteiger partial charge in [0.15, 0.2) is 6.10 Å². The van der Waals surface area contributed by atoms with Crippen LogP contribution in [0, 0.1) is 6.92 Å². The van der Waals surface area contributed by atoms with Gasteiger partial charge in [0.2, 0.25) is 10.0 Å². The van der Waals surface area contributed by atoms with Crippen LogP contribution in [0.3, 0.4) is 0 Å². The molecule has 0 radical (unpaired) electrons. The van der Waals surface area contributed by atoms with Crippen molar-refractivity contribution in [1.29, 1.82) is 0 Å². The molecule has 8 nitrogen and oxygen atoms in total. The summed E-state index contributed by atoms with van der Waals surface area (Å²) in [5.74, 6) is 0.570. The Morgan fingerprint density at radius 1 is 1.19 bits per heavy atom. The molecular formula is C22H28N2O6S. The number of morpholine rings is 1. The molecule has 31 heavy (non-hydrogen) atoms. The lowest BCUT2D eigenvalue weighted by atomic mass is 10.2. The minimum absolute atomic E-state index is 0.0816. The first-order valence-corrected chi connectivity index (χ1v) is 11.6. The van der Waals surface area contributed by atoms with Crippen molar-refractivity contribution in [3.63, 3.8) is 0 Å². The number of rotatable bonds is 8. The summed E-state index contributed by atoms with van der Waals surface area (Å²) >= 11 is 0. The fraction of sp³-hybridized carbons (Fsp3) is 0.409. The molecule has 3 rings (SSSR count). The van der Waals surface area contributed by atoms with Gasteiger partial charge in [0.05, 0.1) is 30.9 Å². The molecule has 0 aromatic heterocycles. The van der Waals surface area contributed by atoms with Crippen molar-refractivity contribution in [2.24, 2.45) is 0 Å². The van der Waals surface area contributed by atoms with Crippen molar-refractivity contribution in [2.45, 2.75) is 31.3 Å². The normalized spacial score (nSPS) is 15.8. The summed E-state index contributed by atoms with van der Waals surface area (Å²) in [6.45, 7) is 5.08. The van der Waals surface area contributed by atoms with Gasteiger partial charge in [-0.05, 0) is 49.2 Å². The molecule has 2 aromatic carbocycles. The van der Waals surface area contributed by atoms with E-state index in [0.717, 1.165) is 5.56 Å². The van der Waals surface area contributed by atoms with Gasteiger partial charge in [-0.15, -0.1) is 0 Å². The average Bonchev–Trinajstić information content (AvgIpc) is 2.78. The van der Waals surface area contributed by atoms with E-state index in [1.807, 2.05) is 32.0 Å². The summed E-state index contributed by atoms with van der Waals surface area (Å²) < 4.78 is 43.8. The van der Waals surface area contributed by atoms with Crippen LogP contribution in [-0.4, -0.2) is 58.1 Å². The lowest BCUT2D eigenvalue weighted by Gasteiger charge is -2.26. The third-order valence-electron chi connectivity index (χ3n) is 4.97. The molecule has 2 aromatic rings. The third kappa shape index (κ3) is 5.55. The second-order valence-electron chi connectivity index (χ2n) is 7.20. The summed E-state index contributed by atoms with van der Waals surface area (Å²) in [7, 11) is -2.25. The monoisotopic (exact) mass is 448 g/mol. The molecule has 1 fully saturated rings. The molecule has 0 aliphatic carbocycles. The number of carbonyl (C=O) groups excluding carboxylic acids is 1. The summed E-state index contributed by atoms with van der Waals surface area (Å²) in [5.41, 5.74) is 1.29. The van der Waals surface area contributed by atoms with Gasteiger partial charge >= 0.3 is 0 Å². The molecule has 0 unspecified atom stereocenters. The van der Waals surface area contributed by atoms with E-state index in [4.69, 9.17) is 14.2 Å². The lowest BCUT2D eigenvalue weighted by molar-refractivity contribution is -0.122. The number of aryl methyl sites for hydroxylation is 1. The maximum atomic E-state index is 13.0. The summed E-state index contributed by atoms with van der Waals surface area (Å²) in [6, 6.07) is 11.9. The first-order valence-electron chi connectivity index (χ1n) is 10.1. The number of ether oxygens (including phenoxy) is 3. The maximum Gasteiger partial charge on any atom is 0.265 e. The van der Waals surface area contributed by atoms with Crippen LogP contribution in [-0.2, 0) is 19.6 Å². The number of sulfonamides is 1. The van der Waals surface area contributed by atoms with E-state index in [0.29, 0.717) is 31.1 Å². The van der Waals surface area contributed by atoms with E-state index in [9.17, 15) is 13.2 Å². The summed E-state index contributed by atoms with van der Waals surface area (Å²) in [6.07, 6.45) is -0.306. The first-order chi connectivity index (χ1) is 14.8. The Hall–Kier alpha value is -2.62. The zero-order valence-electron chi connectivity index (χ0n) is 18.0. The van der Waals surface area contributed by atoms with Crippen LogP contribution in [0.2, 0.25) is 0 Å². The Kier molecular flexibility index (Phi) is 7.53. The second kappa shape index (κ2) is 10.1. The Labute approximate surface area is 183 Å². The van der Waals surface area contributed by atoms with Gasteiger partial charge < -0.3 is 19.5 Å². The van der Waals surface area contributed by atoms with Crippen molar-refractivity contribution in [3.05, 3.63) is 48.0 Å². The molecule has 9 heteroatoms. The van der Waals surface area contributed by atoms with E-state index in [1.54, 1.807) is 6.07 Å². The Balaban J connectivity index is 1.82. The second-order valence-corrected chi connectivity index (χ2v) is 9.14. The van der Waals surface area contributed by atoms with Crippen LogP contribution in [0.1, 0.15) is 18.9 Å². The first kappa shape index (κ1) is 23.1. The van der Waals surface area contributed by atoms with E-state index >= 15 is 0 Å². The number of carbonyl (C=O) groups is 1. The number of nitrogens with zero attached hydrogens (tertiary/aromatic N) is 1. The molecule has 1 saturated heterocycles. The highest BCUT2D eigenvalue weighted by Crippen LogP contribution is 2.30. The largest absolute Gasteiger partial charge is 0.495 e. The molecule has 0 bridgehead atoms. The van der Waals surface area contributed by atoms with Gasteiger partial charge in [-0.2, -0.15) is 4.31 Å². The minimum atomic E-state index is -3.71. The lowest BCUT2D eigenvalue weighted by Crippen LogP contribution is -2.40. The fourth-order valence-corrected chi connectivity index (χ4v) is 4.70. The zero-order valence-corrected chi connectivity index (χ0v) is 18.8. The highest BCUT2D eigenvalue weighted by atomic mass is 32.2. The molecule has 1 aliphatic heterocycles. The van der Waals surface area contributed by atoms with Crippen LogP contribution in [0.15, 0.2) is 47.4 Å². The van der Waals surface area contributed by atoms with Crippen molar-refractivity contribution < 1.29 is 27.4 Å². The number of nitrogens with one attached hydrogen (secondary N) is 1. The molecule has 0 spiro atoms. The quantitative estimate of drug-likeness (QED) is 0.667. The predicted molar refractivity (Wildman–Crippen MR) is 117 cm³/mol. The zero-order chi connectivity index (χ0) is 22.4. The molecule has 168 valence electrons. The molecular weight excluding hydrogens is 420 g/mol. The van der Waals surface area contributed by atoms with Crippen molar-refractivity contribution >= 4 is 21.6 Å². The fourth-order valence-electron chi connectivity index (χ4n) is 3.27. The maximum absolute atomic E-state index is 13.0. The Bertz CT molecular complexity index is 1020. The van der Waals surface area contributed by atoms with Gasteiger partial charge in [-0.3, -0.25) is 4.79 Å². The molecule has 1 aliphatic rings. The Morgan fingerprint density at radius 3 is 2.58 bits per heavy atom. The standard InChI is InChI=1S/C22H28N2O6S/c1-4-20(30-17-7-5-6-16(2)14-17)22(25)23-19-15-18(8-9-21(19)28-3)31(26,27)24-10-12-29-13-11-24/h5-9,14-15,20H,4,10-13H2,1-3H3,(H,23,25)/t20-/m1/s1. The van der Waals surface area contributed by atoms with Gasteiger partial charge in [0.25, 0.3) is 5.91 Å². The summed E-state index contributed by atoms with van der Waals surface area (Å²) in [5, 5.41) is 2.77. The minimum Gasteiger partial charge on any atom is -0.495 e. The SMILES string of the molecule is CC[C@@H](Oc1cccc(C)c1)C(=O)Nc1cc(S(=O)(=O)N2CCOCC2)ccc1OC. The van der Waals surface area contributed by atoms with E-state index in [1.165, 1.54) is 29.6 Å². The molecule has 1 atom stereocenters. The van der Waals surface area contributed by atoms with Gasteiger partial charge in [-0.25, -0.2) is 8.42 Å². The number of methoxy groups -OCH3 is 1. The number of hydrogen-bond acceptors (Lipinski definition) is 6. The van der Waals surface area contributed by atoms with Gasteiger partial charge in [0.1, 0.15) is 11.5 Å². The molecule has 1 N–H and O–H groups in total. The van der Waals surface area contributed by atoms with Crippen LogP contribution in [0.25, 0.3) is 0 Å². The molecule has 1 amide bonds. The number of benzene rings is 2. The molecule has 0 saturated carbocycles. The third-order valence-corrected chi connectivity index (χ3v) is 6.86. The number of hydrogen-bond donors (Lipinski definition) is 1. The van der Waals surface area contributed by atoms with E-state index in [-0.39, 0.29) is 29.6 Å². The van der Waals surface area contributed by atoms with E-state index < -0.39 is 16.1 Å². The smallest absolute Gasteiger partial charge is 0.265 e. The van der Waals surface area contributed by atoms with Crippen molar-refractivity contribution in [1.82, 2.24) is 4.31 Å². The summed E-state index contributed by atoms with van der Waals surface area (Å²) in [4.78, 5) is 13.0. The van der Waals surface area contributed by atoms with Crippen LogP contribution in [0.4, 0.5) is 5.69 Å². The number of anilines is 1. The van der Waals surface area contributed by atoms with E-state index in [2.05, 4.69) is 5.32 Å². The van der Waals surface area contributed by atoms with Crippen LogP contribution < -0.4 is 14.8 Å². The van der Waals surface area contributed by atoms with Crippen LogP contribution in [0.5, 0.6) is 11.5 Å². The Morgan fingerprint density at radius 2 is 1.94 bits per heavy atom. The highest BCUT2D eigenvalue weighted by molar-refractivity contribution is 7.89. The number of amides is 1. The van der Waals surface area contributed by atoms with Gasteiger partial charge in [-0.1, -0.05) is 19.1 Å². The molecule has 1 heterocycles. The van der Waals surface area contributed by atoms with Gasteiger partial charge in [0, 0.05) is 13.1 Å². The topological polar surface area (TPSA) is 94.2 Å². The average molecular weight is 449 g/mol. The highest BCUT2D eigenvalue weighted by Gasteiger charge is 2.28.